The van der Waals surface area contributed by atoms with E-state index >= 15 is 0 Å². The quantitative estimate of drug-likeness (QED) is 0.514. The predicted octanol–water partition coefficient (Wildman–Crippen LogP) is 0.751. The number of carboxylic acid groups (broad SMARTS) is 1. The van der Waals surface area contributed by atoms with E-state index in [1.54, 1.807) is 6.07 Å². The molecule has 0 atom stereocenters. The minimum atomic E-state index is -1.11. The van der Waals surface area contributed by atoms with Crippen LogP contribution in [-0.4, -0.2) is 41.7 Å². The van der Waals surface area contributed by atoms with Gasteiger partial charge in [0.2, 0.25) is 5.82 Å². The third-order valence-electron chi connectivity index (χ3n) is 2.87. The van der Waals surface area contributed by atoms with Gasteiger partial charge in [0.05, 0.1) is 28.6 Å². The standard InChI is InChI=1S/C12H8N8O2/c13-3-6(11-17-19-20-18-11)4-14-8-2-10-9(15-5-16-10)1-7(8)12(21)22/h1-2,4-5,14H,(H,15,16)(H,21,22)(H,17,18,19,20). The maximum absolute atomic E-state index is 11.3. The highest BCUT2D eigenvalue weighted by molar-refractivity contribution is 5.99. The first kappa shape index (κ1) is 13.3. The number of benzene rings is 1. The maximum Gasteiger partial charge on any atom is 0.337 e. The van der Waals surface area contributed by atoms with Crippen LogP contribution < -0.4 is 5.32 Å². The normalized spacial score (nSPS) is 11.3. The Morgan fingerprint density at radius 3 is 3.00 bits per heavy atom. The lowest BCUT2D eigenvalue weighted by Gasteiger charge is -2.06. The van der Waals surface area contributed by atoms with E-state index in [9.17, 15) is 9.90 Å². The van der Waals surface area contributed by atoms with Crippen molar-refractivity contribution in [2.45, 2.75) is 0 Å². The first-order valence-corrected chi connectivity index (χ1v) is 6.00. The Morgan fingerprint density at radius 2 is 2.32 bits per heavy atom. The maximum atomic E-state index is 11.3. The number of H-pyrrole nitrogens is 2. The highest BCUT2D eigenvalue weighted by Crippen LogP contribution is 2.22. The van der Waals surface area contributed by atoms with Gasteiger partial charge in [0.1, 0.15) is 11.6 Å². The van der Waals surface area contributed by atoms with Gasteiger partial charge in [-0.15, -0.1) is 10.2 Å². The Bertz CT molecular complexity index is 903. The SMILES string of the molecule is N#CC(=CNc1cc2nc[nH]c2cc1C(=O)O)c1nn[nH]n1. The van der Waals surface area contributed by atoms with E-state index in [0.29, 0.717) is 16.7 Å². The summed E-state index contributed by atoms with van der Waals surface area (Å²) in [7, 11) is 0. The summed E-state index contributed by atoms with van der Waals surface area (Å²) in [4.78, 5) is 18.2. The van der Waals surface area contributed by atoms with Crippen molar-refractivity contribution in [2.75, 3.05) is 5.32 Å². The molecule has 0 radical (unpaired) electrons. The Labute approximate surface area is 122 Å². The third kappa shape index (κ3) is 2.34. The Kier molecular flexibility index (Phi) is 3.21. The molecule has 0 aliphatic heterocycles. The summed E-state index contributed by atoms with van der Waals surface area (Å²) in [6.45, 7) is 0. The average Bonchev–Trinajstić information content (AvgIpc) is 3.17. The number of hydrogen-bond donors (Lipinski definition) is 4. The number of aromatic amines is 2. The van der Waals surface area contributed by atoms with E-state index in [-0.39, 0.29) is 17.0 Å². The molecule has 0 unspecified atom stereocenters. The van der Waals surface area contributed by atoms with Gasteiger partial charge in [-0.3, -0.25) is 0 Å². The van der Waals surface area contributed by atoms with E-state index < -0.39 is 5.97 Å². The monoisotopic (exact) mass is 296 g/mol. The number of hydrogen-bond acceptors (Lipinski definition) is 7. The molecule has 0 aliphatic rings. The van der Waals surface area contributed by atoms with E-state index in [2.05, 4.69) is 35.9 Å². The molecular formula is C12H8N8O2. The second-order valence-electron chi connectivity index (χ2n) is 4.17. The largest absolute Gasteiger partial charge is 0.478 e. The zero-order chi connectivity index (χ0) is 15.5. The van der Waals surface area contributed by atoms with Crippen LogP contribution in [0.25, 0.3) is 16.6 Å². The van der Waals surface area contributed by atoms with Crippen molar-refractivity contribution in [2.24, 2.45) is 0 Å². The summed E-state index contributed by atoms with van der Waals surface area (Å²) >= 11 is 0. The molecule has 4 N–H and O–H groups in total. The summed E-state index contributed by atoms with van der Waals surface area (Å²) in [6.07, 6.45) is 2.78. The van der Waals surface area contributed by atoms with Crippen LogP contribution in [0.15, 0.2) is 24.7 Å². The fourth-order valence-electron chi connectivity index (χ4n) is 1.85. The van der Waals surface area contributed by atoms with E-state index in [1.807, 2.05) is 6.07 Å². The molecule has 0 amide bonds. The molecule has 0 fully saturated rings. The van der Waals surface area contributed by atoms with Crippen molar-refractivity contribution >= 4 is 28.3 Å². The van der Waals surface area contributed by atoms with Crippen molar-refractivity contribution in [1.82, 2.24) is 30.6 Å². The number of carboxylic acids is 1. The Hall–Kier alpha value is -3.74. The van der Waals surface area contributed by atoms with Crippen LogP contribution in [0.1, 0.15) is 16.2 Å². The van der Waals surface area contributed by atoms with Gasteiger partial charge in [-0.2, -0.15) is 10.5 Å². The lowest BCUT2D eigenvalue weighted by molar-refractivity contribution is 0.0698. The van der Waals surface area contributed by atoms with Gasteiger partial charge >= 0.3 is 5.97 Å². The van der Waals surface area contributed by atoms with Crippen LogP contribution in [-0.2, 0) is 0 Å². The van der Waals surface area contributed by atoms with Crippen molar-refractivity contribution in [3.63, 3.8) is 0 Å². The molecule has 0 bridgehead atoms. The summed E-state index contributed by atoms with van der Waals surface area (Å²) in [5.74, 6) is -1.00. The highest BCUT2D eigenvalue weighted by Gasteiger charge is 2.13. The van der Waals surface area contributed by atoms with Crippen LogP contribution in [0.3, 0.4) is 0 Å². The van der Waals surface area contributed by atoms with Crippen molar-refractivity contribution in [3.05, 3.63) is 36.0 Å². The third-order valence-corrected chi connectivity index (χ3v) is 2.87. The average molecular weight is 296 g/mol. The number of fused-ring (bicyclic) bond motifs is 1. The molecule has 22 heavy (non-hydrogen) atoms. The number of anilines is 1. The predicted molar refractivity (Wildman–Crippen MR) is 74.4 cm³/mol. The van der Waals surface area contributed by atoms with Crippen LogP contribution >= 0.6 is 0 Å². The van der Waals surface area contributed by atoms with Crippen molar-refractivity contribution in [3.8, 4) is 6.07 Å². The Morgan fingerprint density at radius 1 is 1.45 bits per heavy atom. The number of imidazole rings is 1. The minimum absolute atomic E-state index is 0.0402. The molecule has 0 spiro atoms. The van der Waals surface area contributed by atoms with Gasteiger partial charge in [0, 0.05) is 6.20 Å². The summed E-state index contributed by atoms with van der Waals surface area (Å²) in [5, 5.41) is 34.1. The van der Waals surface area contributed by atoms with Gasteiger partial charge < -0.3 is 15.4 Å². The van der Waals surface area contributed by atoms with Gasteiger partial charge in [0.15, 0.2) is 0 Å². The number of tetrazole rings is 1. The number of aromatic nitrogens is 6. The molecule has 0 aliphatic carbocycles. The number of nitrogens with zero attached hydrogens (tertiary/aromatic N) is 5. The van der Waals surface area contributed by atoms with Crippen molar-refractivity contribution in [1.29, 1.82) is 5.26 Å². The number of nitriles is 1. The van der Waals surface area contributed by atoms with Crippen LogP contribution in [0.5, 0.6) is 0 Å². The lowest BCUT2D eigenvalue weighted by Crippen LogP contribution is -2.03. The Balaban J connectivity index is 2.01. The molecule has 10 nitrogen and oxygen atoms in total. The molecule has 3 rings (SSSR count). The summed E-state index contributed by atoms with van der Waals surface area (Å²) < 4.78 is 0. The van der Waals surface area contributed by atoms with Gasteiger partial charge in [-0.1, -0.05) is 0 Å². The van der Waals surface area contributed by atoms with E-state index in [4.69, 9.17) is 5.26 Å². The van der Waals surface area contributed by atoms with Gasteiger partial charge in [0.25, 0.3) is 0 Å². The topological polar surface area (TPSA) is 156 Å². The fourth-order valence-corrected chi connectivity index (χ4v) is 1.85. The summed E-state index contributed by atoms with van der Waals surface area (Å²) in [5.41, 5.74) is 1.64. The minimum Gasteiger partial charge on any atom is -0.478 e. The molecule has 1 aromatic carbocycles. The zero-order valence-corrected chi connectivity index (χ0v) is 10.9. The van der Waals surface area contributed by atoms with Crippen molar-refractivity contribution < 1.29 is 9.90 Å². The molecule has 2 aromatic heterocycles. The second kappa shape index (κ2) is 5.33. The number of rotatable bonds is 4. The van der Waals surface area contributed by atoms with E-state index in [1.165, 1.54) is 18.6 Å². The van der Waals surface area contributed by atoms with Crippen LogP contribution in [0.2, 0.25) is 0 Å². The van der Waals surface area contributed by atoms with Gasteiger partial charge in [-0.05, 0) is 17.3 Å². The number of aromatic carboxylic acids is 1. The van der Waals surface area contributed by atoms with Crippen LogP contribution in [0, 0.1) is 11.3 Å². The smallest absolute Gasteiger partial charge is 0.337 e. The molecule has 0 saturated heterocycles. The van der Waals surface area contributed by atoms with E-state index in [0.717, 1.165) is 0 Å². The number of carbonyl (C=O) groups is 1. The molecular weight excluding hydrogens is 288 g/mol. The first-order valence-electron chi connectivity index (χ1n) is 6.00. The fraction of sp³-hybridized carbons (Fsp3) is 0. The molecule has 2 heterocycles. The lowest BCUT2D eigenvalue weighted by atomic mass is 10.1. The summed E-state index contributed by atoms with van der Waals surface area (Å²) in [6, 6.07) is 4.93. The van der Waals surface area contributed by atoms with Gasteiger partial charge in [-0.25, -0.2) is 9.78 Å². The molecule has 3 aromatic rings. The molecule has 108 valence electrons. The second-order valence-corrected chi connectivity index (χ2v) is 4.17. The number of nitrogens with one attached hydrogen (secondary N) is 3. The number of allylic oxidation sites excluding steroid dienone is 1. The molecule has 0 saturated carbocycles. The highest BCUT2D eigenvalue weighted by atomic mass is 16.4. The van der Waals surface area contributed by atoms with Crippen LogP contribution in [0.4, 0.5) is 5.69 Å². The molecule has 10 heteroatoms. The zero-order valence-electron chi connectivity index (χ0n) is 10.9. The first-order chi connectivity index (χ1) is 10.7.